The smallest absolute Gasteiger partial charge is 0.316 e. The highest BCUT2D eigenvalue weighted by atomic mass is 16.3. The van der Waals surface area contributed by atoms with Crippen LogP contribution in [0.15, 0.2) is 90.3 Å². The lowest BCUT2D eigenvalue weighted by atomic mass is 9.94. The summed E-state index contributed by atoms with van der Waals surface area (Å²) in [4.78, 5) is 25.4. The number of benzene rings is 3. The highest BCUT2D eigenvalue weighted by Crippen LogP contribution is 2.39. The summed E-state index contributed by atoms with van der Waals surface area (Å²) in [5.41, 5.74) is 5.68. The molecule has 0 saturated carbocycles. The Morgan fingerprint density at radius 1 is 0.821 bits per heavy atom. The predicted molar refractivity (Wildman–Crippen MR) is 113 cm³/mol. The maximum atomic E-state index is 12.3. The predicted octanol–water partition coefficient (Wildman–Crippen LogP) is 6.25. The summed E-state index contributed by atoms with van der Waals surface area (Å²) in [6.45, 7) is 1.82. The van der Waals surface area contributed by atoms with Crippen molar-refractivity contribution in [2.45, 2.75) is 6.92 Å². The Morgan fingerprint density at radius 3 is 2.36 bits per heavy atom. The number of nitroso groups, excluding NO2 is 1. The first-order valence-electron chi connectivity index (χ1n) is 9.00. The van der Waals surface area contributed by atoms with Crippen molar-refractivity contribution in [3.05, 3.63) is 107 Å². The molecule has 0 fully saturated rings. The van der Waals surface area contributed by atoms with Gasteiger partial charge in [-0.2, -0.15) is 0 Å². The van der Waals surface area contributed by atoms with Crippen LogP contribution in [0.4, 0.5) is 11.4 Å². The van der Waals surface area contributed by atoms with Crippen LogP contribution in [0.2, 0.25) is 0 Å². The highest BCUT2D eigenvalue weighted by Gasteiger charge is 2.21. The normalized spacial score (nSPS) is 12.4. The van der Waals surface area contributed by atoms with E-state index in [4.69, 9.17) is 0 Å². The fourth-order valence-corrected chi connectivity index (χ4v) is 3.57. The summed E-state index contributed by atoms with van der Waals surface area (Å²) < 4.78 is 0. The zero-order chi connectivity index (χ0) is 19.5. The molecule has 3 aromatic rings. The van der Waals surface area contributed by atoms with Gasteiger partial charge in [-0.15, -0.1) is 4.91 Å². The second kappa shape index (κ2) is 7.45. The van der Waals surface area contributed by atoms with Crippen molar-refractivity contribution in [3.63, 3.8) is 0 Å². The minimum atomic E-state index is -0.753. The molecule has 0 aliphatic carbocycles. The van der Waals surface area contributed by atoms with Gasteiger partial charge in [0.15, 0.2) is 0 Å². The van der Waals surface area contributed by atoms with Crippen molar-refractivity contribution in [2.24, 2.45) is 5.18 Å². The monoisotopic (exact) mass is 366 g/mol. The van der Waals surface area contributed by atoms with Gasteiger partial charge in [0.05, 0.1) is 16.9 Å². The number of hydrogen-bond acceptors (Lipinski definition) is 3. The van der Waals surface area contributed by atoms with Crippen molar-refractivity contribution < 1.29 is 4.79 Å². The molecule has 1 amide bonds. The van der Waals surface area contributed by atoms with Gasteiger partial charge in [0, 0.05) is 16.9 Å². The highest BCUT2D eigenvalue weighted by molar-refractivity contribution is 6.04. The van der Waals surface area contributed by atoms with Crippen molar-refractivity contribution in [3.8, 4) is 11.1 Å². The number of fused-ring (bicyclic) bond motifs is 1. The minimum absolute atomic E-state index is 0.343. The lowest BCUT2D eigenvalue weighted by Crippen LogP contribution is -2.11. The average Bonchev–Trinajstić information content (AvgIpc) is 2.95. The lowest BCUT2D eigenvalue weighted by molar-refractivity contribution is 0.100. The van der Waals surface area contributed by atoms with Gasteiger partial charge in [0.25, 0.3) is 0 Å². The molecule has 4 heteroatoms. The zero-order valence-electron chi connectivity index (χ0n) is 15.4. The van der Waals surface area contributed by atoms with E-state index in [0.717, 1.165) is 28.1 Å². The first kappa shape index (κ1) is 17.6. The van der Waals surface area contributed by atoms with Gasteiger partial charge in [-0.3, -0.25) is 4.79 Å². The SMILES string of the molecule is Cc1cccc(-c2ccccc2N2C=CC=Cc3ccccc32)c1C(=O)N=O. The number of anilines is 2. The number of carbonyl (C=O) groups excluding carboxylic acids is 1. The Bertz CT molecular complexity index is 1130. The van der Waals surface area contributed by atoms with Crippen LogP contribution in [-0.2, 0) is 0 Å². The Hall–Kier alpha value is -3.79. The molecule has 0 atom stereocenters. The van der Waals surface area contributed by atoms with Gasteiger partial charge in [0.2, 0.25) is 0 Å². The molecule has 1 aliphatic rings. The van der Waals surface area contributed by atoms with Crippen molar-refractivity contribution >= 4 is 23.4 Å². The van der Waals surface area contributed by atoms with Gasteiger partial charge in [-0.05, 0) is 41.8 Å². The summed E-state index contributed by atoms with van der Waals surface area (Å²) in [5.74, 6) is -0.753. The van der Waals surface area contributed by atoms with Crippen LogP contribution in [0.25, 0.3) is 17.2 Å². The molecule has 0 saturated heterocycles. The number of para-hydroxylation sites is 2. The van der Waals surface area contributed by atoms with Crippen LogP contribution in [0.5, 0.6) is 0 Å². The number of nitrogens with zero attached hydrogens (tertiary/aromatic N) is 2. The van der Waals surface area contributed by atoms with Gasteiger partial charge in [-0.25, -0.2) is 0 Å². The van der Waals surface area contributed by atoms with E-state index in [1.54, 1.807) is 0 Å². The Labute approximate surface area is 163 Å². The average molecular weight is 366 g/mol. The number of carbonyl (C=O) groups is 1. The van der Waals surface area contributed by atoms with Crippen LogP contribution < -0.4 is 4.90 Å². The van der Waals surface area contributed by atoms with E-state index in [-0.39, 0.29) is 0 Å². The van der Waals surface area contributed by atoms with E-state index in [1.807, 2.05) is 79.9 Å². The number of amides is 1. The molecule has 1 aliphatic heterocycles. The van der Waals surface area contributed by atoms with E-state index >= 15 is 0 Å². The maximum absolute atomic E-state index is 12.3. The molecular formula is C24H18N2O2. The van der Waals surface area contributed by atoms with E-state index in [1.165, 1.54) is 0 Å². The standard InChI is InChI=1S/C24H18N2O2/c1-17-9-8-13-20(23(17)24(27)25-28)19-12-3-5-15-22(19)26-16-7-6-11-18-10-2-4-14-21(18)26/h2-16H,1H3. The Balaban J connectivity index is 1.95. The fourth-order valence-electron chi connectivity index (χ4n) is 3.57. The molecule has 0 unspecified atom stereocenters. The number of allylic oxidation sites excluding steroid dienone is 2. The first-order valence-corrected chi connectivity index (χ1v) is 9.00. The third kappa shape index (κ3) is 3.05. The molecule has 1 heterocycles. The topological polar surface area (TPSA) is 49.7 Å². The minimum Gasteiger partial charge on any atom is -0.316 e. The van der Waals surface area contributed by atoms with E-state index in [0.29, 0.717) is 11.1 Å². The first-order chi connectivity index (χ1) is 13.7. The molecular weight excluding hydrogens is 348 g/mol. The molecule has 4 rings (SSSR count). The number of rotatable bonds is 3. The van der Waals surface area contributed by atoms with Gasteiger partial charge in [0.1, 0.15) is 0 Å². The third-order valence-electron chi connectivity index (χ3n) is 4.84. The summed E-state index contributed by atoms with van der Waals surface area (Å²) in [6, 6.07) is 21.5. The van der Waals surface area contributed by atoms with E-state index in [2.05, 4.69) is 28.3 Å². The Kier molecular flexibility index (Phi) is 4.68. The lowest BCUT2D eigenvalue weighted by Gasteiger charge is -2.25. The summed E-state index contributed by atoms with van der Waals surface area (Å²) in [7, 11) is 0. The molecule has 0 radical (unpaired) electrons. The molecule has 0 N–H and O–H groups in total. The number of hydrogen-bond donors (Lipinski definition) is 0. The third-order valence-corrected chi connectivity index (χ3v) is 4.84. The second-order valence-electron chi connectivity index (χ2n) is 6.54. The van der Waals surface area contributed by atoms with Crippen molar-refractivity contribution in [1.29, 1.82) is 0 Å². The van der Waals surface area contributed by atoms with Gasteiger partial charge >= 0.3 is 5.91 Å². The van der Waals surface area contributed by atoms with Crippen LogP contribution in [0, 0.1) is 11.8 Å². The van der Waals surface area contributed by atoms with E-state index < -0.39 is 5.91 Å². The zero-order valence-corrected chi connectivity index (χ0v) is 15.4. The van der Waals surface area contributed by atoms with E-state index in [9.17, 15) is 9.70 Å². The molecule has 4 nitrogen and oxygen atoms in total. The summed E-state index contributed by atoms with van der Waals surface area (Å²) in [6.07, 6.45) is 8.04. The second-order valence-corrected chi connectivity index (χ2v) is 6.54. The summed E-state index contributed by atoms with van der Waals surface area (Å²) in [5, 5.41) is 2.67. The molecule has 3 aromatic carbocycles. The van der Waals surface area contributed by atoms with Crippen LogP contribution >= 0.6 is 0 Å². The van der Waals surface area contributed by atoms with Crippen LogP contribution in [0.1, 0.15) is 21.5 Å². The molecule has 0 spiro atoms. The van der Waals surface area contributed by atoms with Crippen LogP contribution in [-0.4, -0.2) is 5.91 Å². The van der Waals surface area contributed by atoms with Gasteiger partial charge in [-0.1, -0.05) is 66.7 Å². The maximum Gasteiger partial charge on any atom is 0.317 e. The summed E-state index contributed by atoms with van der Waals surface area (Å²) >= 11 is 0. The molecule has 0 aromatic heterocycles. The van der Waals surface area contributed by atoms with Crippen LogP contribution in [0.3, 0.4) is 0 Å². The van der Waals surface area contributed by atoms with Crippen molar-refractivity contribution in [1.82, 2.24) is 0 Å². The van der Waals surface area contributed by atoms with Gasteiger partial charge < -0.3 is 4.90 Å². The van der Waals surface area contributed by atoms with Crippen molar-refractivity contribution in [2.75, 3.05) is 4.90 Å². The largest absolute Gasteiger partial charge is 0.317 e. The quantitative estimate of drug-likeness (QED) is 0.515. The molecule has 136 valence electrons. The number of aryl methyl sites for hydroxylation is 1. The Morgan fingerprint density at radius 2 is 1.54 bits per heavy atom. The molecule has 28 heavy (non-hydrogen) atoms. The molecule has 0 bridgehead atoms. The fraction of sp³-hybridized carbons (Fsp3) is 0.0417.